The van der Waals surface area contributed by atoms with E-state index in [9.17, 15) is 9.90 Å². The van der Waals surface area contributed by atoms with Gasteiger partial charge < -0.3 is 15.7 Å². The van der Waals surface area contributed by atoms with Crippen molar-refractivity contribution in [2.75, 3.05) is 7.05 Å². The molecule has 19 heavy (non-hydrogen) atoms. The number of rotatable bonds is 7. The van der Waals surface area contributed by atoms with Crippen LogP contribution in [0.5, 0.6) is 0 Å². The summed E-state index contributed by atoms with van der Waals surface area (Å²) >= 11 is 0. The molecule has 0 spiro atoms. The Morgan fingerprint density at radius 3 is 2.42 bits per heavy atom. The molecule has 0 saturated carbocycles. The second-order valence-electron chi connectivity index (χ2n) is 5.17. The van der Waals surface area contributed by atoms with Crippen LogP contribution in [-0.4, -0.2) is 30.2 Å². The molecule has 1 unspecified atom stereocenters. The first-order valence-corrected chi connectivity index (χ1v) is 6.71. The highest BCUT2D eigenvalue weighted by Crippen LogP contribution is 2.08. The molecule has 1 aromatic carbocycles. The number of carbonyl (C=O) groups is 1. The van der Waals surface area contributed by atoms with Gasteiger partial charge in [0.15, 0.2) is 0 Å². The summed E-state index contributed by atoms with van der Waals surface area (Å²) in [5.41, 5.74) is 1.02. The van der Waals surface area contributed by atoms with Crippen molar-refractivity contribution >= 4 is 5.91 Å². The number of carbonyl (C=O) groups excluding carboxylic acids is 1. The third kappa shape index (κ3) is 5.41. The van der Waals surface area contributed by atoms with E-state index in [1.165, 1.54) is 0 Å². The van der Waals surface area contributed by atoms with E-state index in [0.717, 1.165) is 12.0 Å². The van der Waals surface area contributed by atoms with Crippen molar-refractivity contribution in [3.05, 3.63) is 35.9 Å². The maximum atomic E-state index is 11.9. The molecule has 0 saturated heterocycles. The van der Waals surface area contributed by atoms with Gasteiger partial charge in [0.2, 0.25) is 0 Å². The van der Waals surface area contributed by atoms with Crippen LogP contribution in [0, 0.1) is 5.92 Å². The van der Waals surface area contributed by atoms with Crippen molar-refractivity contribution in [3.63, 3.8) is 0 Å². The second kappa shape index (κ2) is 7.92. The van der Waals surface area contributed by atoms with Gasteiger partial charge in [-0.1, -0.05) is 44.2 Å². The molecule has 106 valence electrons. The Labute approximate surface area is 115 Å². The fourth-order valence-corrected chi connectivity index (χ4v) is 1.98. The lowest BCUT2D eigenvalue weighted by molar-refractivity contribution is -0.131. The molecule has 0 bridgehead atoms. The van der Waals surface area contributed by atoms with Crippen molar-refractivity contribution in [2.24, 2.45) is 5.92 Å². The number of nitrogens with one attached hydrogen (secondary N) is 2. The maximum absolute atomic E-state index is 11.9. The smallest absolute Gasteiger partial charge is 0.250 e. The zero-order valence-corrected chi connectivity index (χ0v) is 11.9. The number of hydrogen-bond donors (Lipinski definition) is 3. The lowest BCUT2D eigenvalue weighted by atomic mass is 9.99. The lowest BCUT2D eigenvalue weighted by Crippen LogP contribution is -2.48. The highest BCUT2D eigenvalue weighted by molar-refractivity contribution is 5.81. The second-order valence-corrected chi connectivity index (χ2v) is 5.17. The Kier molecular flexibility index (Phi) is 6.53. The minimum absolute atomic E-state index is 0.212. The van der Waals surface area contributed by atoms with Crippen LogP contribution in [0.25, 0.3) is 0 Å². The average molecular weight is 264 g/mol. The van der Waals surface area contributed by atoms with Gasteiger partial charge in [-0.25, -0.2) is 0 Å². The van der Waals surface area contributed by atoms with Crippen molar-refractivity contribution in [3.8, 4) is 0 Å². The molecule has 0 radical (unpaired) electrons. The molecule has 1 amide bonds. The van der Waals surface area contributed by atoms with Gasteiger partial charge in [0.1, 0.15) is 6.10 Å². The van der Waals surface area contributed by atoms with E-state index in [2.05, 4.69) is 24.5 Å². The van der Waals surface area contributed by atoms with Crippen molar-refractivity contribution < 1.29 is 9.90 Å². The minimum atomic E-state index is -1.02. The zero-order chi connectivity index (χ0) is 14.3. The van der Waals surface area contributed by atoms with Gasteiger partial charge in [0.05, 0.1) is 0 Å². The number of aliphatic hydroxyl groups excluding tert-OH is 1. The summed E-state index contributed by atoms with van der Waals surface area (Å²) in [6.07, 6.45) is -0.257. The normalized spacial score (nSPS) is 14.2. The standard InChI is InChI=1S/C15H24N2O2/c1-11(2)9-13(16-3)14(18)15(19)17-10-12-7-5-4-6-8-12/h4-8,11,13-14,16,18H,9-10H2,1-3H3,(H,17,19)/t13?,14-/m1/s1. The van der Waals surface area contributed by atoms with Crippen LogP contribution in [-0.2, 0) is 11.3 Å². The van der Waals surface area contributed by atoms with E-state index >= 15 is 0 Å². The van der Waals surface area contributed by atoms with Crippen molar-refractivity contribution in [1.82, 2.24) is 10.6 Å². The van der Waals surface area contributed by atoms with Crippen LogP contribution in [0.3, 0.4) is 0 Å². The number of hydrogen-bond acceptors (Lipinski definition) is 3. The minimum Gasteiger partial charge on any atom is -0.382 e. The van der Waals surface area contributed by atoms with Crippen LogP contribution in [0.15, 0.2) is 30.3 Å². The Morgan fingerprint density at radius 1 is 1.26 bits per heavy atom. The Balaban J connectivity index is 2.47. The predicted molar refractivity (Wildman–Crippen MR) is 76.6 cm³/mol. The molecule has 0 aliphatic rings. The molecule has 4 nitrogen and oxygen atoms in total. The van der Waals surface area contributed by atoms with Crippen LogP contribution in [0.4, 0.5) is 0 Å². The molecule has 3 N–H and O–H groups in total. The molecule has 1 aromatic rings. The number of amides is 1. The molecule has 0 aliphatic carbocycles. The first kappa shape index (κ1) is 15.7. The van der Waals surface area contributed by atoms with Gasteiger partial charge in [-0.3, -0.25) is 4.79 Å². The quantitative estimate of drug-likeness (QED) is 0.695. The van der Waals surface area contributed by atoms with E-state index in [0.29, 0.717) is 12.5 Å². The van der Waals surface area contributed by atoms with E-state index in [-0.39, 0.29) is 11.9 Å². The molecule has 0 fully saturated rings. The summed E-state index contributed by atoms with van der Waals surface area (Å²) in [4.78, 5) is 11.9. The summed E-state index contributed by atoms with van der Waals surface area (Å²) < 4.78 is 0. The maximum Gasteiger partial charge on any atom is 0.250 e. The van der Waals surface area contributed by atoms with Gasteiger partial charge in [-0.15, -0.1) is 0 Å². The van der Waals surface area contributed by atoms with E-state index in [1.807, 2.05) is 30.3 Å². The lowest BCUT2D eigenvalue weighted by Gasteiger charge is -2.23. The molecule has 4 heteroatoms. The van der Waals surface area contributed by atoms with Crippen LogP contribution < -0.4 is 10.6 Å². The van der Waals surface area contributed by atoms with Gasteiger partial charge in [0, 0.05) is 12.6 Å². The number of aliphatic hydroxyl groups is 1. The summed E-state index contributed by atoms with van der Waals surface area (Å²) in [6.45, 7) is 4.58. The first-order chi connectivity index (χ1) is 9.04. The van der Waals surface area contributed by atoms with Gasteiger partial charge in [-0.05, 0) is 24.9 Å². The highest BCUT2D eigenvalue weighted by atomic mass is 16.3. The van der Waals surface area contributed by atoms with Crippen LogP contribution in [0.2, 0.25) is 0 Å². The molecular weight excluding hydrogens is 240 g/mol. The summed E-state index contributed by atoms with van der Waals surface area (Å²) in [5.74, 6) is 0.0953. The third-order valence-corrected chi connectivity index (χ3v) is 3.06. The van der Waals surface area contributed by atoms with Crippen LogP contribution >= 0.6 is 0 Å². The Bertz CT molecular complexity index is 379. The van der Waals surface area contributed by atoms with Gasteiger partial charge >= 0.3 is 0 Å². The zero-order valence-electron chi connectivity index (χ0n) is 11.9. The third-order valence-electron chi connectivity index (χ3n) is 3.06. The first-order valence-electron chi connectivity index (χ1n) is 6.71. The van der Waals surface area contributed by atoms with Gasteiger partial charge in [-0.2, -0.15) is 0 Å². The summed E-state index contributed by atoms with van der Waals surface area (Å²) in [7, 11) is 1.76. The Hall–Kier alpha value is -1.39. The summed E-state index contributed by atoms with van der Waals surface area (Å²) in [5, 5.41) is 15.8. The molecule has 2 atom stereocenters. The molecule has 0 heterocycles. The molecule has 1 rings (SSSR count). The number of benzene rings is 1. The van der Waals surface area contributed by atoms with E-state index in [1.54, 1.807) is 7.05 Å². The average Bonchev–Trinajstić information content (AvgIpc) is 2.42. The molecule has 0 aliphatic heterocycles. The fourth-order valence-electron chi connectivity index (χ4n) is 1.98. The van der Waals surface area contributed by atoms with E-state index < -0.39 is 6.10 Å². The highest BCUT2D eigenvalue weighted by Gasteiger charge is 2.25. The van der Waals surface area contributed by atoms with E-state index in [4.69, 9.17) is 0 Å². The topological polar surface area (TPSA) is 61.4 Å². The summed E-state index contributed by atoms with van der Waals surface area (Å²) in [6, 6.07) is 9.45. The number of likely N-dealkylation sites (N-methyl/N-ethyl adjacent to an activating group) is 1. The molecular formula is C15H24N2O2. The van der Waals surface area contributed by atoms with Crippen molar-refractivity contribution in [1.29, 1.82) is 0 Å². The molecule has 0 aromatic heterocycles. The fraction of sp³-hybridized carbons (Fsp3) is 0.533. The monoisotopic (exact) mass is 264 g/mol. The van der Waals surface area contributed by atoms with Crippen LogP contribution in [0.1, 0.15) is 25.8 Å². The SMILES string of the molecule is CNC(CC(C)C)[C@@H](O)C(=O)NCc1ccccc1. The van der Waals surface area contributed by atoms with Gasteiger partial charge in [0.25, 0.3) is 5.91 Å². The Morgan fingerprint density at radius 2 is 1.89 bits per heavy atom. The predicted octanol–water partition coefficient (Wildman–Crippen LogP) is 1.30. The largest absolute Gasteiger partial charge is 0.382 e. The van der Waals surface area contributed by atoms with Crippen molar-refractivity contribution in [2.45, 2.75) is 39.0 Å².